The molecule has 0 saturated heterocycles. The summed E-state index contributed by atoms with van der Waals surface area (Å²) in [4.78, 5) is 15.4. The monoisotopic (exact) mass is 395 g/mol. The predicted molar refractivity (Wildman–Crippen MR) is 104 cm³/mol. The maximum absolute atomic E-state index is 13.0. The van der Waals surface area contributed by atoms with Gasteiger partial charge in [0.15, 0.2) is 0 Å². The summed E-state index contributed by atoms with van der Waals surface area (Å²) in [6.07, 6.45) is 5.07. The van der Waals surface area contributed by atoms with Gasteiger partial charge in [-0.05, 0) is 29.8 Å². The van der Waals surface area contributed by atoms with Crippen molar-refractivity contribution in [3.8, 4) is 0 Å². The minimum Gasteiger partial charge on any atom is -0.423 e. The van der Waals surface area contributed by atoms with Crippen LogP contribution in [0.5, 0.6) is 0 Å². The highest BCUT2D eigenvalue weighted by molar-refractivity contribution is 7.89. The van der Waals surface area contributed by atoms with Crippen molar-refractivity contribution in [1.29, 1.82) is 0 Å². The highest BCUT2D eigenvalue weighted by Crippen LogP contribution is 2.22. The maximum atomic E-state index is 13.0. The standard InChI is InChI=1S/C20H17N3O4S/c24-20-9-6-16-12-17(7-8-19(16)27-20)28(25,26)22-18(13-23-11-10-21-14-23)15-4-2-1-3-5-15/h1-12,14,18,22H,13H2. The van der Waals surface area contributed by atoms with Crippen molar-refractivity contribution in [2.45, 2.75) is 17.5 Å². The van der Waals surface area contributed by atoms with E-state index in [0.29, 0.717) is 17.5 Å². The van der Waals surface area contributed by atoms with E-state index < -0.39 is 21.7 Å². The van der Waals surface area contributed by atoms with E-state index in [1.54, 1.807) is 24.8 Å². The van der Waals surface area contributed by atoms with Crippen LogP contribution in [-0.2, 0) is 16.6 Å². The van der Waals surface area contributed by atoms with Crippen LogP contribution in [0.2, 0.25) is 0 Å². The molecule has 4 rings (SSSR count). The van der Waals surface area contributed by atoms with Gasteiger partial charge in [-0.1, -0.05) is 30.3 Å². The summed E-state index contributed by atoms with van der Waals surface area (Å²) in [7, 11) is -3.82. The second kappa shape index (κ2) is 7.41. The van der Waals surface area contributed by atoms with Gasteiger partial charge in [0.25, 0.3) is 0 Å². The number of sulfonamides is 1. The van der Waals surface area contributed by atoms with E-state index in [4.69, 9.17) is 4.42 Å². The van der Waals surface area contributed by atoms with E-state index >= 15 is 0 Å². The van der Waals surface area contributed by atoms with Gasteiger partial charge in [-0.15, -0.1) is 0 Å². The average molecular weight is 395 g/mol. The van der Waals surface area contributed by atoms with E-state index in [1.165, 1.54) is 24.3 Å². The summed E-state index contributed by atoms with van der Waals surface area (Å²) < 4.78 is 35.7. The topological polar surface area (TPSA) is 94.2 Å². The lowest BCUT2D eigenvalue weighted by molar-refractivity contribution is 0.510. The van der Waals surface area contributed by atoms with Crippen molar-refractivity contribution in [3.63, 3.8) is 0 Å². The minimum atomic E-state index is -3.82. The summed E-state index contributed by atoms with van der Waals surface area (Å²) in [5, 5.41) is 0.536. The third kappa shape index (κ3) is 3.88. The highest BCUT2D eigenvalue weighted by atomic mass is 32.2. The largest absolute Gasteiger partial charge is 0.423 e. The summed E-state index contributed by atoms with van der Waals surface area (Å²) in [5.74, 6) is 0. The van der Waals surface area contributed by atoms with Crippen LogP contribution in [0, 0.1) is 0 Å². The van der Waals surface area contributed by atoms with Gasteiger partial charge < -0.3 is 8.98 Å². The van der Waals surface area contributed by atoms with Crippen molar-refractivity contribution >= 4 is 21.0 Å². The van der Waals surface area contributed by atoms with Crippen LogP contribution in [0.4, 0.5) is 0 Å². The van der Waals surface area contributed by atoms with Crippen LogP contribution in [0.15, 0.2) is 93.5 Å². The molecule has 0 fully saturated rings. The fourth-order valence-electron chi connectivity index (χ4n) is 2.97. The Kier molecular flexibility index (Phi) is 4.81. The number of aromatic nitrogens is 2. The number of fused-ring (bicyclic) bond motifs is 1. The first-order valence-corrected chi connectivity index (χ1v) is 10.1. The molecule has 8 heteroatoms. The molecular weight excluding hydrogens is 378 g/mol. The molecule has 7 nitrogen and oxygen atoms in total. The second-order valence-electron chi connectivity index (χ2n) is 6.30. The van der Waals surface area contributed by atoms with E-state index in [9.17, 15) is 13.2 Å². The zero-order chi connectivity index (χ0) is 19.6. The van der Waals surface area contributed by atoms with E-state index in [0.717, 1.165) is 5.56 Å². The summed E-state index contributed by atoms with van der Waals surface area (Å²) in [6, 6.07) is 16.1. The lowest BCUT2D eigenvalue weighted by Crippen LogP contribution is -2.31. The van der Waals surface area contributed by atoms with Crippen LogP contribution < -0.4 is 10.3 Å². The number of hydrogen-bond donors (Lipinski definition) is 1. The SMILES string of the molecule is O=c1ccc2cc(S(=O)(=O)NC(Cn3ccnc3)c3ccccc3)ccc2o1. The maximum Gasteiger partial charge on any atom is 0.336 e. The molecule has 2 aromatic carbocycles. The Morgan fingerprint density at radius 3 is 2.64 bits per heavy atom. The molecule has 0 aliphatic heterocycles. The number of imidazole rings is 1. The fraction of sp³-hybridized carbons (Fsp3) is 0.100. The molecule has 0 amide bonds. The number of benzene rings is 2. The third-order valence-corrected chi connectivity index (χ3v) is 5.82. The van der Waals surface area contributed by atoms with Gasteiger partial charge in [0.05, 0.1) is 17.3 Å². The lowest BCUT2D eigenvalue weighted by Gasteiger charge is -2.20. The second-order valence-corrected chi connectivity index (χ2v) is 8.01. The Morgan fingerprint density at radius 2 is 1.89 bits per heavy atom. The van der Waals surface area contributed by atoms with Gasteiger partial charge in [-0.3, -0.25) is 0 Å². The molecule has 1 unspecified atom stereocenters. The minimum absolute atomic E-state index is 0.0976. The first-order chi connectivity index (χ1) is 13.5. The lowest BCUT2D eigenvalue weighted by atomic mass is 10.1. The predicted octanol–water partition coefficient (Wildman–Crippen LogP) is 2.71. The molecular formula is C20H17N3O4S. The van der Waals surface area contributed by atoms with Gasteiger partial charge in [0, 0.05) is 30.4 Å². The van der Waals surface area contributed by atoms with Crippen molar-refractivity contribution in [1.82, 2.24) is 14.3 Å². The number of hydrogen-bond acceptors (Lipinski definition) is 5. The summed E-state index contributed by atoms with van der Waals surface area (Å²) in [5.41, 5.74) is 0.696. The number of nitrogens with zero attached hydrogens (tertiary/aromatic N) is 2. The summed E-state index contributed by atoms with van der Waals surface area (Å²) in [6.45, 7) is 0.395. The molecule has 0 radical (unpaired) electrons. The highest BCUT2D eigenvalue weighted by Gasteiger charge is 2.22. The van der Waals surface area contributed by atoms with Crippen molar-refractivity contribution in [3.05, 3.63) is 95.4 Å². The normalized spacial score (nSPS) is 12.9. The molecule has 4 aromatic rings. The van der Waals surface area contributed by atoms with Crippen LogP contribution in [-0.4, -0.2) is 18.0 Å². The van der Waals surface area contributed by atoms with Gasteiger partial charge >= 0.3 is 5.63 Å². The van der Waals surface area contributed by atoms with Crippen molar-refractivity contribution in [2.24, 2.45) is 0 Å². The number of rotatable bonds is 6. The molecule has 28 heavy (non-hydrogen) atoms. The van der Waals surface area contributed by atoms with Crippen molar-refractivity contribution in [2.75, 3.05) is 0 Å². The van der Waals surface area contributed by atoms with Crippen LogP contribution in [0.1, 0.15) is 11.6 Å². The van der Waals surface area contributed by atoms with E-state index in [2.05, 4.69) is 9.71 Å². The molecule has 0 aliphatic carbocycles. The molecule has 2 heterocycles. The van der Waals surface area contributed by atoms with Crippen LogP contribution in [0.3, 0.4) is 0 Å². The molecule has 0 spiro atoms. The zero-order valence-corrected chi connectivity index (χ0v) is 15.5. The Hall–Kier alpha value is -3.23. The number of nitrogens with one attached hydrogen (secondary N) is 1. The van der Waals surface area contributed by atoms with Crippen LogP contribution in [0.25, 0.3) is 11.0 Å². The van der Waals surface area contributed by atoms with Crippen molar-refractivity contribution < 1.29 is 12.8 Å². The first-order valence-electron chi connectivity index (χ1n) is 8.58. The third-order valence-electron chi connectivity index (χ3n) is 4.35. The van der Waals surface area contributed by atoms with E-state index in [-0.39, 0.29) is 4.90 Å². The Labute approximate surface area is 161 Å². The first kappa shape index (κ1) is 18.1. The fourth-order valence-corrected chi connectivity index (χ4v) is 4.22. The molecule has 1 atom stereocenters. The molecule has 0 saturated carbocycles. The van der Waals surface area contributed by atoms with Crippen LogP contribution >= 0.6 is 0 Å². The van der Waals surface area contributed by atoms with E-state index in [1.807, 2.05) is 34.9 Å². The smallest absolute Gasteiger partial charge is 0.336 e. The van der Waals surface area contributed by atoms with Gasteiger partial charge in [-0.2, -0.15) is 0 Å². The summed E-state index contributed by atoms with van der Waals surface area (Å²) >= 11 is 0. The molecule has 142 valence electrons. The molecule has 1 N–H and O–H groups in total. The Morgan fingerprint density at radius 1 is 1.07 bits per heavy atom. The molecule has 0 aliphatic rings. The molecule has 0 bridgehead atoms. The Balaban J connectivity index is 1.68. The van der Waals surface area contributed by atoms with Gasteiger partial charge in [0.2, 0.25) is 10.0 Å². The van der Waals surface area contributed by atoms with Gasteiger partial charge in [0.1, 0.15) is 5.58 Å². The molecule has 2 aromatic heterocycles. The van der Waals surface area contributed by atoms with Gasteiger partial charge in [-0.25, -0.2) is 22.9 Å². The average Bonchev–Trinajstić information content (AvgIpc) is 3.20. The zero-order valence-electron chi connectivity index (χ0n) is 14.7. The quantitative estimate of drug-likeness (QED) is 0.507. The Bertz CT molecular complexity index is 1250.